The average Bonchev–Trinajstić information content (AvgIpc) is 1.58. The van der Waals surface area contributed by atoms with Gasteiger partial charge in [-0.15, -0.1) is 11.3 Å². The quantitative estimate of drug-likeness (QED) is 0.140. The summed E-state index contributed by atoms with van der Waals surface area (Å²) in [6, 6.07) is 132. The Morgan fingerprint density at radius 1 is 0.226 bits per heavy atom. The summed E-state index contributed by atoms with van der Waals surface area (Å²) in [7, 11) is 0. The van der Waals surface area contributed by atoms with Gasteiger partial charge >= 0.3 is 0 Å². The third-order valence-electron chi connectivity index (χ3n) is 22.7. The molecule has 0 aliphatic rings. The minimum Gasteiger partial charge on any atom is -0.456 e. The van der Waals surface area contributed by atoms with Crippen molar-refractivity contribution in [2.24, 2.45) is 0 Å². The second-order valence-electron chi connectivity index (χ2n) is 29.2. The van der Waals surface area contributed by atoms with Gasteiger partial charge in [0.2, 0.25) is 0 Å². The predicted octanol–water partition coefficient (Wildman–Crippen LogP) is 30.3. The van der Waals surface area contributed by atoms with Crippen molar-refractivity contribution in [3.8, 4) is 67.3 Å². The summed E-state index contributed by atoms with van der Waals surface area (Å²) in [4.78, 5) is 11.2. The van der Waals surface area contributed by atoms with E-state index in [-0.39, 0.29) is 0 Å². The molecule has 0 N–H and O–H groups in total. The van der Waals surface area contributed by atoms with Gasteiger partial charge in [0, 0.05) is 80.6 Å². The molecule has 0 aliphatic carbocycles. The van der Waals surface area contributed by atoms with Crippen LogP contribution in [0.25, 0.3) is 211 Å². The van der Waals surface area contributed by atoms with Gasteiger partial charge in [-0.3, -0.25) is 0 Å². The fourth-order valence-electron chi connectivity index (χ4n) is 17.3. The van der Waals surface area contributed by atoms with Crippen molar-refractivity contribution in [2.75, 3.05) is 0 Å². The van der Waals surface area contributed by atoms with E-state index >= 15 is 0 Å². The monoisotopic (exact) mass is 1480 g/mol. The van der Waals surface area contributed by atoms with Gasteiger partial charge in [0.05, 0.1) is 63.9 Å². The topological polar surface area (TPSA) is 45.9 Å². The first-order valence-corrected chi connectivity index (χ1v) is 39.2. The first-order valence-electron chi connectivity index (χ1n) is 38.3. The Morgan fingerprint density at radius 3 is 1.17 bits per heavy atom. The summed E-state index contributed by atoms with van der Waals surface area (Å²) < 4.78 is 18.0. The van der Waals surface area contributed by atoms with Crippen LogP contribution in [-0.2, 0) is 0 Å². The summed E-state index contributed by atoms with van der Waals surface area (Å²) in [6.45, 7) is 25.0. The molecule has 6 heterocycles. The SMILES string of the molecule is [C-]#[N+]c1ccc2c(c1)c1cc(-c3cccc(-c4ccccc4)c3)ccc1n2-c1ccc2c(c1)c1ccccc1n2-c1ccccc1.[C-]#[N+]c1ccc2c(c1)c1cc(-c3ccccc3)ccc1n2-c1ccc2oc3ccccc3c2c1.[C-]#[N+]c1ccc2c(c1)c1cc(-c3ccccc3C)ccc1n2-c1ccc2sc3ccccc3c2c1. The number of hydrogen-bond acceptors (Lipinski definition) is 2. The van der Waals surface area contributed by atoms with Gasteiger partial charge in [-0.25, -0.2) is 14.5 Å². The van der Waals surface area contributed by atoms with Gasteiger partial charge in [-0.1, -0.05) is 212 Å². The van der Waals surface area contributed by atoms with Crippen molar-refractivity contribution in [3.63, 3.8) is 0 Å². The number of nitrogens with zero attached hydrogens (tertiary/aromatic N) is 7. The average molecular weight is 1480 g/mol. The minimum atomic E-state index is 0.643. The van der Waals surface area contributed by atoms with Crippen LogP contribution >= 0.6 is 11.3 Å². The molecule has 9 heteroatoms. The van der Waals surface area contributed by atoms with Gasteiger partial charge in [-0.05, 0) is 237 Å². The second-order valence-corrected chi connectivity index (χ2v) is 30.3. The highest BCUT2D eigenvalue weighted by atomic mass is 32.1. The molecule has 0 unspecified atom stereocenters. The van der Waals surface area contributed by atoms with Crippen LogP contribution in [0.15, 0.2) is 381 Å². The number of fused-ring (bicyclic) bond motifs is 18. The lowest BCUT2D eigenvalue weighted by atomic mass is 9.98. The highest BCUT2D eigenvalue weighted by Crippen LogP contribution is 2.45. The maximum Gasteiger partial charge on any atom is 0.188 e. The van der Waals surface area contributed by atoms with Crippen LogP contribution in [0, 0.1) is 26.6 Å². The van der Waals surface area contributed by atoms with Crippen molar-refractivity contribution in [3.05, 3.63) is 416 Å². The zero-order valence-electron chi connectivity index (χ0n) is 62.2. The van der Waals surface area contributed by atoms with E-state index in [4.69, 9.17) is 24.1 Å². The highest BCUT2D eigenvalue weighted by molar-refractivity contribution is 7.25. The molecular weight excluding hydrogens is 1420 g/mol. The maximum absolute atomic E-state index is 7.74. The second kappa shape index (κ2) is 27.8. The van der Waals surface area contributed by atoms with E-state index in [1.54, 1.807) is 0 Å². The summed E-state index contributed by atoms with van der Waals surface area (Å²) in [5.41, 5.74) is 28.0. The normalized spacial score (nSPS) is 11.5. The van der Waals surface area contributed by atoms with Crippen LogP contribution in [0.2, 0.25) is 0 Å². The number of thiophene rings is 1. The molecule has 0 fully saturated rings. The molecular formula is C106H65N7OS. The Bertz CT molecular complexity index is 8030. The molecule has 0 bridgehead atoms. The van der Waals surface area contributed by atoms with E-state index in [1.165, 1.54) is 86.3 Å². The number of benzene rings is 17. The Kier molecular flexibility index (Phi) is 16.3. The molecule has 23 rings (SSSR count). The number of rotatable bonds is 8. The van der Waals surface area contributed by atoms with Crippen LogP contribution < -0.4 is 0 Å². The third kappa shape index (κ3) is 11.6. The van der Waals surface area contributed by atoms with E-state index < -0.39 is 0 Å². The minimum absolute atomic E-state index is 0.643. The Labute approximate surface area is 666 Å². The molecule has 17 aromatic carbocycles. The summed E-state index contributed by atoms with van der Waals surface area (Å²) in [5.74, 6) is 0. The van der Waals surface area contributed by atoms with E-state index in [9.17, 15) is 0 Å². The highest BCUT2D eigenvalue weighted by Gasteiger charge is 2.22. The fraction of sp³-hybridized carbons (Fsp3) is 0.00943. The largest absolute Gasteiger partial charge is 0.456 e. The standard InChI is InChI=1S/C43H27N3.C32H20N2S.C31H18N2O/c1-44-33-20-23-42-38(27-33)37-26-32(31-14-10-13-30(25-31)29-11-4-2-5-12-29)19-22-41(37)46(42)35-21-24-43-39(28-35)36-17-8-9-18-40(36)45(43)34-15-6-3-7-16-34;1-20-7-3-4-8-24(20)21-11-14-29-26(17-21)27-18-22(33-2)12-15-30(27)34(29)23-13-16-32-28(19-23)25-9-5-6-10-31(25)35-32;1-32-22-12-15-29-26(18-22)25-17-21(20-7-3-2-4-8-20)11-14-28(25)33(29)23-13-16-31-27(19-23)24-9-5-6-10-30(24)34-31/h2-28H;3-19H,1H3;2-19H. The van der Waals surface area contributed by atoms with Gasteiger partial charge < -0.3 is 22.7 Å². The van der Waals surface area contributed by atoms with Crippen molar-refractivity contribution in [1.29, 1.82) is 0 Å². The Hall–Kier alpha value is -15.6. The Balaban J connectivity index is 0.000000110. The third-order valence-corrected chi connectivity index (χ3v) is 23.8. The fourth-order valence-corrected chi connectivity index (χ4v) is 18.4. The first kappa shape index (κ1) is 67.5. The number of aryl methyl sites for hydroxylation is 1. The molecule has 0 saturated heterocycles. The van der Waals surface area contributed by atoms with Gasteiger partial charge in [0.25, 0.3) is 0 Å². The predicted molar refractivity (Wildman–Crippen MR) is 482 cm³/mol. The zero-order chi connectivity index (χ0) is 76.8. The van der Waals surface area contributed by atoms with E-state index in [0.717, 1.165) is 116 Å². The number of furan rings is 1. The Morgan fingerprint density at radius 2 is 0.591 bits per heavy atom. The molecule has 0 atom stereocenters. The van der Waals surface area contributed by atoms with E-state index in [2.05, 4.69) is 343 Å². The van der Waals surface area contributed by atoms with Crippen LogP contribution in [0.3, 0.4) is 0 Å². The first-order chi connectivity index (χ1) is 56.8. The van der Waals surface area contributed by atoms with Crippen LogP contribution in [0.5, 0.6) is 0 Å². The summed E-state index contributed by atoms with van der Waals surface area (Å²) in [5, 5.41) is 13.9. The van der Waals surface area contributed by atoms with Gasteiger partial charge in [0.15, 0.2) is 17.1 Å². The van der Waals surface area contributed by atoms with Crippen molar-refractivity contribution < 1.29 is 4.42 Å². The molecule has 23 aromatic rings. The number of para-hydroxylation sites is 3. The summed E-state index contributed by atoms with van der Waals surface area (Å²) >= 11 is 1.84. The van der Waals surface area contributed by atoms with Crippen LogP contribution in [0.1, 0.15) is 5.56 Å². The number of aromatic nitrogens is 4. The van der Waals surface area contributed by atoms with Crippen molar-refractivity contribution >= 4 is 158 Å². The molecule has 0 aliphatic heterocycles. The van der Waals surface area contributed by atoms with Crippen molar-refractivity contribution in [1.82, 2.24) is 18.3 Å². The molecule has 0 saturated carbocycles. The summed E-state index contributed by atoms with van der Waals surface area (Å²) in [6.07, 6.45) is 0. The lowest BCUT2D eigenvalue weighted by Gasteiger charge is -2.11. The molecule has 536 valence electrons. The molecule has 0 radical (unpaired) electrons. The van der Waals surface area contributed by atoms with E-state index in [1.807, 2.05) is 84.1 Å². The molecule has 8 nitrogen and oxygen atoms in total. The van der Waals surface area contributed by atoms with E-state index in [0.29, 0.717) is 17.1 Å². The van der Waals surface area contributed by atoms with Crippen molar-refractivity contribution in [2.45, 2.75) is 6.92 Å². The molecule has 0 spiro atoms. The van der Waals surface area contributed by atoms with Gasteiger partial charge in [0.1, 0.15) is 11.2 Å². The zero-order valence-corrected chi connectivity index (χ0v) is 63.1. The lowest BCUT2D eigenvalue weighted by Crippen LogP contribution is -1.95. The number of hydrogen-bond donors (Lipinski definition) is 0. The lowest BCUT2D eigenvalue weighted by molar-refractivity contribution is 0.669. The molecule has 115 heavy (non-hydrogen) atoms. The van der Waals surface area contributed by atoms with Gasteiger partial charge in [-0.2, -0.15) is 0 Å². The van der Waals surface area contributed by atoms with Crippen LogP contribution in [-0.4, -0.2) is 18.3 Å². The maximum atomic E-state index is 7.74. The smallest absolute Gasteiger partial charge is 0.188 e. The van der Waals surface area contributed by atoms with Crippen LogP contribution in [0.4, 0.5) is 17.1 Å². The molecule has 6 aromatic heterocycles. The molecule has 0 amide bonds.